The highest BCUT2D eigenvalue weighted by molar-refractivity contribution is 7.89. The van der Waals surface area contributed by atoms with E-state index < -0.39 is 22.0 Å². The molecular formula is C20H26N2O7S. The van der Waals surface area contributed by atoms with Crippen LogP contribution in [0.15, 0.2) is 23.1 Å². The Morgan fingerprint density at radius 2 is 1.67 bits per heavy atom. The lowest BCUT2D eigenvalue weighted by Gasteiger charge is -2.33. The molecule has 0 unspecified atom stereocenters. The Morgan fingerprint density at radius 1 is 0.967 bits per heavy atom. The number of fused-ring (bicyclic) bond motifs is 1. The number of carboxylic acids is 1. The van der Waals surface area contributed by atoms with Crippen molar-refractivity contribution in [2.45, 2.75) is 43.0 Å². The first-order valence-electron chi connectivity index (χ1n) is 10.3. The summed E-state index contributed by atoms with van der Waals surface area (Å²) in [4.78, 5) is 25.7. The third-order valence-electron chi connectivity index (χ3n) is 5.98. The molecule has 2 saturated heterocycles. The molecule has 3 aliphatic rings. The van der Waals surface area contributed by atoms with Crippen LogP contribution in [0.1, 0.15) is 32.1 Å². The Balaban J connectivity index is 1.43. The summed E-state index contributed by atoms with van der Waals surface area (Å²) in [5.74, 6) is -0.537. The number of aliphatic carboxylic acids is 1. The number of hydrogen-bond donors (Lipinski definition) is 1. The minimum absolute atomic E-state index is 0.141. The summed E-state index contributed by atoms with van der Waals surface area (Å²) in [6.07, 6.45) is 2.65. The molecule has 1 aromatic rings. The number of carboxylic acid groups (broad SMARTS) is 1. The Hall–Kier alpha value is -2.33. The highest BCUT2D eigenvalue weighted by atomic mass is 32.2. The van der Waals surface area contributed by atoms with Gasteiger partial charge in [-0.2, -0.15) is 4.31 Å². The van der Waals surface area contributed by atoms with Crippen LogP contribution in [0.4, 0.5) is 0 Å². The van der Waals surface area contributed by atoms with Gasteiger partial charge in [-0.25, -0.2) is 13.2 Å². The number of amides is 1. The molecule has 3 aliphatic heterocycles. The molecule has 0 radical (unpaired) electrons. The molecule has 2 fully saturated rings. The van der Waals surface area contributed by atoms with Gasteiger partial charge in [0.25, 0.3) is 0 Å². The Bertz CT molecular complexity index is 925. The molecule has 0 aliphatic carbocycles. The van der Waals surface area contributed by atoms with Crippen molar-refractivity contribution in [2.75, 3.05) is 32.8 Å². The summed E-state index contributed by atoms with van der Waals surface area (Å²) < 4.78 is 38.7. The fourth-order valence-electron chi connectivity index (χ4n) is 4.32. The number of hydrogen-bond acceptors (Lipinski definition) is 6. The van der Waals surface area contributed by atoms with Crippen LogP contribution in [-0.4, -0.2) is 73.5 Å². The molecule has 9 nitrogen and oxygen atoms in total. The molecule has 4 rings (SSSR count). The summed E-state index contributed by atoms with van der Waals surface area (Å²) in [6, 6.07) is 3.86. The highest BCUT2D eigenvalue weighted by Crippen LogP contribution is 2.34. The Kier molecular flexibility index (Phi) is 5.88. The predicted molar refractivity (Wildman–Crippen MR) is 106 cm³/mol. The maximum Gasteiger partial charge on any atom is 0.326 e. The lowest BCUT2D eigenvalue weighted by Crippen LogP contribution is -2.47. The summed E-state index contributed by atoms with van der Waals surface area (Å²) in [5.41, 5.74) is 0. The summed E-state index contributed by atoms with van der Waals surface area (Å²) in [5, 5.41) is 9.31. The number of likely N-dealkylation sites (tertiary alicyclic amines) is 1. The number of sulfonamides is 1. The molecule has 1 amide bonds. The van der Waals surface area contributed by atoms with Gasteiger partial charge in [0.05, 0.1) is 18.1 Å². The maximum absolute atomic E-state index is 13.1. The van der Waals surface area contributed by atoms with Crippen molar-refractivity contribution >= 4 is 21.9 Å². The second kappa shape index (κ2) is 8.43. The third-order valence-corrected chi connectivity index (χ3v) is 7.88. The zero-order valence-electron chi connectivity index (χ0n) is 16.7. The average Bonchev–Trinajstić information content (AvgIpc) is 3.12. The number of ether oxygens (including phenoxy) is 2. The van der Waals surface area contributed by atoms with Crippen molar-refractivity contribution in [3.05, 3.63) is 18.2 Å². The van der Waals surface area contributed by atoms with Gasteiger partial charge in [0.1, 0.15) is 6.04 Å². The molecule has 30 heavy (non-hydrogen) atoms. The van der Waals surface area contributed by atoms with Crippen LogP contribution in [0.25, 0.3) is 0 Å². The Morgan fingerprint density at radius 3 is 2.37 bits per heavy atom. The number of piperidine rings is 1. The van der Waals surface area contributed by atoms with Gasteiger partial charge in [-0.15, -0.1) is 0 Å². The molecule has 10 heteroatoms. The first-order valence-corrected chi connectivity index (χ1v) is 11.7. The highest BCUT2D eigenvalue weighted by Gasteiger charge is 2.39. The molecule has 1 atom stereocenters. The fourth-order valence-corrected chi connectivity index (χ4v) is 5.80. The van der Waals surface area contributed by atoms with Gasteiger partial charge in [0.15, 0.2) is 11.5 Å². The van der Waals surface area contributed by atoms with Crippen LogP contribution < -0.4 is 9.47 Å². The first kappa shape index (κ1) is 20.9. The summed E-state index contributed by atoms with van der Waals surface area (Å²) >= 11 is 0. The molecule has 0 spiro atoms. The van der Waals surface area contributed by atoms with E-state index in [0.717, 1.165) is 6.42 Å². The van der Waals surface area contributed by atoms with Crippen LogP contribution >= 0.6 is 0 Å². The number of rotatable bonds is 4. The normalized spacial score (nSPS) is 23.2. The van der Waals surface area contributed by atoms with E-state index in [1.165, 1.54) is 21.3 Å². The maximum atomic E-state index is 13.1. The average molecular weight is 439 g/mol. The van der Waals surface area contributed by atoms with Crippen LogP contribution in [0, 0.1) is 5.92 Å². The Labute approximate surface area is 175 Å². The number of carbonyl (C=O) groups excluding carboxylic acids is 1. The van der Waals surface area contributed by atoms with Crippen molar-refractivity contribution < 1.29 is 32.6 Å². The van der Waals surface area contributed by atoms with Crippen molar-refractivity contribution in [1.29, 1.82) is 0 Å². The zero-order valence-corrected chi connectivity index (χ0v) is 17.5. The van der Waals surface area contributed by atoms with Gasteiger partial charge >= 0.3 is 5.97 Å². The van der Waals surface area contributed by atoms with Gasteiger partial charge in [0.2, 0.25) is 15.9 Å². The standard InChI is InChI=1S/C20H26N2O7S/c23-19(22-8-1-3-16(22)20(24)25)14-6-9-21(10-7-14)30(26,27)15-4-5-17-18(13-15)29-12-2-11-28-17/h4-5,13-14,16H,1-3,6-12H2,(H,24,25)/t16-/m1/s1. The van der Waals surface area contributed by atoms with Crippen LogP contribution in [0.5, 0.6) is 11.5 Å². The minimum Gasteiger partial charge on any atom is -0.490 e. The van der Waals surface area contributed by atoms with Gasteiger partial charge in [0, 0.05) is 38.0 Å². The van der Waals surface area contributed by atoms with E-state index in [4.69, 9.17) is 9.47 Å². The lowest BCUT2D eigenvalue weighted by molar-refractivity contribution is -0.150. The van der Waals surface area contributed by atoms with Crippen molar-refractivity contribution in [2.24, 2.45) is 5.92 Å². The number of carbonyl (C=O) groups is 2. The summed E-state index contributed by atoms with van der Waals surface area (Å²) in [7, 11) is -3.72. The van der Waals surface area contributed by atoms with E-state index in [9.17, 15) is 23.1 Å². The molecule has 1 N–H and O–H groups in total. The zero-order chi connectivity index (χ0) is 21.3. The molecule has 0 saturated carbocycles. The van der Waals surface area contributed by atoms with E-state index in [-0.39, 0.29) is 29.8 Å². The first-order chi connectivity index (χ1) is 14.4. The molecule has 0 bridgehead atoms. The van der Waals surface area contributed by atoms with Crippen LogP contribution in [0.3, 0.4) is 0 Å². The van der Waals surface area contributed by atoms with Crippen molar-refractivity contribution in [1.82, 2.24) is 9.21 Å². The monoisotopic (exact) mass is 438 g/mol. The molecule has 3 heterocycles. The molecule has 0 aromatic heterocycles. The van der Waals surface area contributed by atoms with Gasteiger partial charge in [-0.05, 0) is 37.8 Å². The minimum atomic E-state index is -3.72. The van der Waals surface area contributed by atoms with E-state index in [1.807, 2.05) is 0 Å². The molecule has 164 valence electrons. The largest absolute Gasteiger partial charge is 0.490 e. The van der Waals surface area contributed by atoms with Crippen molar-refractivity contribution in [3.63, 3.8) is 0 Å². The topological polar surface area (TPSA) is 113 Å². The van der Waals surface area contributed by atoms with Crippen molar-refractivity contribution in [3.8, 4) is 11.5 Å². The quantitative estimate of drug-likeness (QED) is 0.754. The molecule has 1 aromatic carbocycles. The van der Waals surface area contributed by atoms with E-state index in [0.29, 0.717) is 56.9 Å². The third kappa shape index (κ3) is 3.98. The van der Waals surface area contributed by atoms with Gasteiger partial charge < -0.3 is 19.5 Å². The second-order valence-electron chi connectivity index (χ2n) is 7.87. The van der Waals surface area contributed by atoms with Crippen LogP contribution in [0.2, 0.25) is 0 Å². The smallest absolute Gasteiger partial charge is 0.326 e. The van der Waals surface area contributed by atoms with E-state index >= 15 is 0 Å². The van der Waals surface area contributed by atoms with Crippen LogP contribution in [-0.2, 0) is 19.6 Å². The van der Waals surface area contributed by atoms with Gasteiger partial charge in [-0.1, -0.05) is 0 Å². The summed E-state index contributed by atoms with van der Waals surface area (Å²) in [6.45, 7) is 1.89. The van der Waals surface area contributed by atoms with Gasteiger partial charge in [-0.3, -0.25) is 4.79 Å². The predicted octanol–water partition coefficient (Wildman–Crippen LogP) is 1.32. The second-order valence-corrected chi connectivity index (χ2v) is 9.80. The lowest BCUT2D eigenvalue weighted by atomic mass is 9.96. The number of nitrogens with zero attached hydrogens (tertiary/aromatic N) is 2. The SMILES string of the molecule is O=C(O)[C@H]1CCCN1C(=O)C1CCN(S(=O)(=O)c2ccc3c(c2)OCCCO3)CC1. The van der Waals surface area contributed by atoms with E-state index in [2.05, 4.69) is 0 Å². The number of benzene rings is 1. The molecular weight excluding hydrogens is 412 g/mol. The van der Waals surface area contributed by atoms with E-state index in [1.54, 1.807) is 6.07 Å². The fraction of sp³-hybridized carbons (Fsp3) is 0.600.